The molecule has 4 atom stereocenters. The van der Waals surface area contributed by atoms with E-state index in [1.165, 1.54) is 31.2 Å². The molecule has 2 aromatic heterocycles. The van der Waals surface area contributed by atoms with Crippen molar-refractivity contribution in [1.29, 1.82) is 0 Å². The van der Waals surface area contributed by atoms with Crippen LogP contribution in [0.3, 0.4) is 0 Å². The summed E-state index contributed by atoms with van der Waals surface area (Å²) in [6.45, 7) is 3.57. The smallest absolute Gasteiger partial charge is 0.344 e. The number of ether oxygens (including phenoxy) is 5. The molecule has 1 aliphatic heterocycles. The molecule has 17 heteroatoms. The maximum atomic E-state index is 15.0. The van der Waals surface area contributed by atoms with Crippen LogP contribution in [0.15, 0.2) is 82.6 Å². The van der Waals surface area contributed by atoms with Gasteiger partial charge in [0, 0.05) is 25.5 Å². The van der Waals surface area contributed by atoms with Crippen molar-refractivity contribution in [2.24, 2.45) is 0 Å². The van der Waals surface area contributed by atoms with Crippen LogP contribution in [0.5, 0.6) is 11.6 Å². The van der Waals surface area contributed by atoms with Crippen LogP contribution in [0, 0.1) is 5.82 Å². The molecule has 3 heterocycles. The van der Waals surface area contributed by atoms with Gasteiger partial charge in [0.05, 0.1) is 29.6 Å². The van der Waals surface area contributed by atoms with E-state index in [2.05, 4.69) is 4.98 Å². The average Bonchev–Trinajstić information content (AvgIpc) is 3.37. The molecule has 0 bridgehead atoms. The summed E-state index contributed by atoms with van der Waals surface area (Å²) in [6.07, 6.45) is -3.73. The second-order valence-electron chi connectivity index (χ2n) is 10.7. The monoisotopic (exact) mass is 709 g/mol. The predicted octanol–water partition coefficient (Wildman–Crippen LogP) is 3.11. The third-order valence-electron chi connectivity index (χ3n) is 7.12. The second-order valence-corrected chi connectivity index (χ2v) is 11.1. The molecular weight excluding hydrogens is 685 g/mol. The molecule has 0 radical (unpaired) electrons. The van der Waals surface area contributed by atoms with Crippen LogP contribution >= 0.6 is 11.6 Å². The van der Waals surface area contributed by atoms with Crippen molar-refractivity contribution >= 4 is 41.4 Å². The molecule has 0 N–H and O–H groups in total. The van der Waals surface area contributed by atoms with Crippen LogP contribution in [0.4, 0.5) is 4.39 Å². The Morgan fingerprint density at radius 3 is 2.14 bits per heavy atom. The number of carbonyl (C=O) groups excluding carboxylic acids is 5. The van der Waals surface area contributed by atoms with Gasteiger partial charge >= 0.3 is 29.6 Å². The molecule has 1 saturated heterocycles. The number of hydrogen-bond donors (Lipinski definition) is 0. The summed E-state index contributed by atoms with van der Waals surface area (Å²) < 4.78 is 42.2. The highest BCUT2D eigenvalue weighted by molar-refractivity contribution is 6.32. The number of nitrogens with zero attached hydrogens (tertiary/aromatic N) is 3. The van der Waals surface area contributed by atoms with Gasteiger partial charge in [0.1, 0.15) is 5.02 Å². The summed E-state index contributed by atoms with van der Waals surface area (Å²) >= 11 is 6.10. The zero-order valence-electron chi connectivity index (χ0n) is 26.2. The Hall–Kier alpha value is -6.00. The number of esters is 4. The van der Waals surface area contributed by atoms with Crippen molar-refractivity contribution in [3.8, 4) is 11.6 Å². The first-order valence-electron chi connectivity index (χ1n) is 14.6. The number of hydrogen-bond acceptors (Lipinski definition) is 13. The van der Waals surface area contributed by atoms with Crippen LogP contribution in [-0.2, 0) is 23.8 Å². The fraction of sp³-hybridized carbons (Fsp3) is 0.212. The second kappa shape index (κ2) is 14.6. The van der Waals surface area contributed by atoms with Crippen molar-refractivity contribution in [2.45, 2.75) is 45.3 Å². The number of rotatable bonds is 8. The SMILES string of the molecule is CC(=O)O[C@@H]1[C@H](OC(C)=O)[C@@H](C)O[C@H]1n1cc(F)c(=O)n(C(=O)c2cccc(C(=O)Oc3cc(OC(=O)c4ccccc4)c(Cl)cn3)c2)c1=O. The largest absolute Gasteiger partial charge is 0.456 e. The predicted molar refractivity (Wildman–Crippen MR) is 167 cm³/mol. The zero-order chi connectivity index (χ0) is 36.3. The van der Waals surface area contributed by atoms with Gasteiger partial charge in [-0.2, -0.15) is 8.96 Å². The van der Waals surface area contributed by atoms with Gasteiger partial charge in [-0.25, -0.2) is 19.4 Å². The third kappa shape index (κ3) is 7.50. The Labute approximate surface area is 285 Å². The van der Waals surface area contributed by atoms with E-state index in [9.17, 15) is 33.6 Å². The van der Waals surface area contributed by atoms with Crippen molar-refractivity contribution in [2.75, 3.05) is 0 Å². The van der Waals surface area contributed by atoms with Gasteiger partial charge in [0.2, 0.25) is 11.7 Å². The number of benzene rings is 2. The van der Waals surface area contributed by atoms with Crippen molar-refractivity contribution < 1.29 is 52.0 Å². The van der Waals surface area contributed by atoms with E-state index in [4.69, 9.17) is 35.3 Å². The summed E-state index contributed by atoms with van der Waals surface area (Å²) in [5.41, 5.74) is -3.46. The summed E-state index contributed by atoms with van der Waals surface area (Å²) in [5, 5.41) is -0.0635. The van der Waals surface area contributed by atoms with Gasteiger partial charge < -0.3 is 23.7 Å². The van der Waals surface area contributed by atoms with E-state index in [1.807, 2.05) is 0 Å². The number of pyridine rings is 1. The van der Waals surface area contributed by atoms with Gasteiger partial charge in [-0.3, -0.25) is 23.7 Å². The first kappa shape index (κ1) is 35.3. The molecule has 1 fully saturated rings. The number of aromatic nitrogens is 3. The molecule has 5 rings (SSSR count). The van der Waals surface area contributed by atoms with E-state index in [-0.39, 0.29) is 32.3 Å². The van der Waals surface area contributed by atoms with Gasteiger partial charge in [0.15, 0.2) is 24.2 Å². The average molecular weight is 710 g/mol. The van der Waals surface area contributed by atoms with Crippen molar-refractivity contribution in [3.05, 3.63) is 121 Å². The molecular formula is C33H25ClFN3O12. The van der Waals surface area contributed by atoms with Crippen LogP contribution < -0.4 is 20.7 Å². The van der Waals surface area contributed by atoms with Crippen LogP contribution in [-0.4, -0.2) is 62.2 Å². The highest BCUT2D eigenvalue weighted by Crippen LogP contribution is 2.33. The van der Waals surface area contributed by atoms with E-state index in [0.717, 1.165) is 38.2 Å². The molecule has 0 unspecified atom stereocenters. The topological polar surface area (TPSA) is 188 Å². The third-order valence-corrected chi connectivity index (χ3v) is 7.41. The lowest BCUT2D eigenvalue weighted by atomic mass is 10.1. The Balaban J connectivity index is 1.42. The minimum Gasteiger partial charge on any atom is -0.456 e. The summed E-state index contributed by atoms with van der Waals surface area (Å²) in [4.78, 5) is 92.8. The fourth-order valence-corrected chi connectivity index (χ4v) is 5.08. The molecule has 1 aliphatic rings. The van der Waals surface area contributed by atoms with E-state index < -0.39 is 77.0 Å². The Kier molecular flexibility index (Phi) is 10.3. The van der Waals surface area contributed by atoms with Gasteiger partial charge in [-0.05, 0) is 37.3 Å². The molecule has 0 amide bonds. The molecule has 15 nitrogen and oxygen atoms in total. The van der Waals surface area contributed by atoms with Crippen molar-refractivity contribution in [1.82, 2.24) is 14.1 Å². The van der Waals surface area contributed by atoms with Crippen molar-refractivity contribution in [3.63, 3.8) is 0 Å². The fourth-order valence-electron chi connectivity index (χ4n) is 4.93. The van der Waals surface area contributed by atoms with Crippen LogP contribution in [0.25, 0.3) is 0 Å². The first-order chi connectivity index (χ1) is 23.7. The lowest BCUT2D eigenvalue weighted by Gasteiger charge is -2.24. The Morgan fingerprint density at radius 1 is 0.840 bits per heavy atom. The molecule has 2 aromatic carbocycles. The molecule has 0 aliphatic carbocycles. The summed E-state index contributed by atoms with van der Waals surface area (Å²) in [7, 11) is 0. The summed E-state index contributed by atoms with van der Waals surface area (Å²) in [6, 6.07) is 13.7. The minimum atomic E-state index is -1.63. The first-order valence-corrected chi connectivity index (χ1v) is 15.0. The lowest BCUT2D eigenvalue weighted by molar-refractivity contribution is -0.165. The van der Waals surface area contributed by atoms with Gasteiger partial charge in [-0.1, -0.05) is 35.9 Å². The standard InChI is InChI=1S/C33H25ClFN3O12/c1-16-26(47-17(2)39)27(48-18(3)40)30(46-16)37-15-23(35)29(42)38(33(37)45)28(41)20-10-7-11-21(12-20)32(44)50-25-13-24(22(34)14-36-25)49-31(43)19-8-5-4-6-9-19/h4-16,26-27,30H,1-3H3/t16-,26-,27-,30-/m1/s1. The number of carbonyl (C=O) groups is 5. The van der Waals surface area contributed by atoms with Crippen LogP contribution in [0.2, 0.25) is 5.02 Å². The maximum absolute atomic E-state index is 15.0. The highest BCUT2D eigenvalue weighted by atomic mass is 35.5. The summed E-state index contributed by atoms with van der Waals surface area (Å²) in [5.74, 6) is -6.82. The Bertz CT molecular complexity index is 2130. The minimum absolute atomic E-state index is 0.0358. The molecule has 4 aromatic rings. The van der Waals surface area contributed by atoms with E-state index >= 15 is 4.39 Å². The Morgan fingerprint density at radius 2 is 1.46 bits per heavy atom. The zero-order valence-corrected chi connectivity index (χ0v) is 27.0. The number of halogens is 2. The van der Waals surface area contributed by atoms with E-state index in [0.29, 0.717) is 10.8 Å². The molecule has 258 valence electrons. The van der Waals surface area contributed by atoms with Crippen LogP contribution in [0.1, 0.15) is 58.1 Å². The molecule has 0 saturated carbocycles. The quantitative estimate of drug-likeness (QED) is 0.243. The van der Waals surface area contributed by atoms with E-state index in [1.54, 1.807) is 18.2 Å². The van der Waals surface area contributed by atoms with Gasteiger partial charge in [0.25, 0.3) is 11.5 Å². The normalized spacial score (nSPS) is 18.2. The maximum Gasteiger partial charge on any atom is 0.344 e. The highest BCUT2D eigenvalue weighted by Gasteiger charge is 2.49. The lowest BCUT2D eigenvalue weighted by Crippen LogP contribution is -2.48. The van der Waals surface area contributed by atoms with Gasteiger partial charge in [-0.15, -0.1) is 0 Å². The molecule has 50 heavy (non-hydrogen) atoms. The molecule has 0 spiro atoms.